The molecule has 0 amide bonds. The third kappa shape index (κ3) is 5.58. The quantitative estimate of drug-likeness (QED) is 0.411. The van der Waals surface area contributed by atoms with Crippen LogP contribution in [0.3, 0.4) is 0 Å². The van der Waals surface area contributed by atoms with E-state index in [2.05, 4.69) is 10.3 Å². The van der Waals surface area contributed by atoms with E-state index in [1.807, 2.05) is 5.01 Å². The van der Waals surface area contributed by atoms with Gasteiger partial charge in [-0.05, 0) is 43.5 Å². The average Bonchev–Trinajstić information content (AvgIpc) is 2.37. The SMILES string of the molecule is O=S(=O)([O-])c1ccc(N=NN2CCCCC2)cc1.[K+]. The summed E-state index contributed by atoms with van der Waals surface area (Å²) >= 11 is 0. The van der Waals surface area contributed by atoms with Gasteiger partial charge in [-0.15, -0.1) is 5.11 Å². The van der Waals surface area contributed by atoms with Crippen molar-refractivity contribution in [2.45, 2.75) is 24.2 Å². The fourth-order valence-electron chi connectivity index (χ4n) is 1.76. The largest absolute Gasteiger partial charge is 1.00 e. The first-order chi connectivity index (χ1) is 8.55. The summed E-state index contributed by atoms with van der Waals surface area (Å²) in [5, 5.41) is 9.97. The minimum Gasteiger partial charge on any atom is -0.744 e. The van der Waals surface area contributed by atoms with E-state index >= 15 is 0 Å². The van der Waals surface area contributed by atoms with E-state index in [0.717, 1.165) is 25.9 Å². The fourth-order valence-corrected chi connectivity index (χ4v) is 2.23. The van der Waals surface area contributed by atoms with Gasteiger partial charge >= 0.3 is 51.4 Å². The molecule has 0 bridgehead atoms. The molecule has 2 rings (SSSR count). The normalized spacial score (nSPS) is 16.4. The molecule has 0 aliphatic carbocycles. The van der Waals surface area contributed by atoms with Crippen LogP contribution in [0.15, 0.2) is 39.5 Å². The zero-order chi connectivity index (χ0) is 13.0. The van der Waals surface area contributed by atoms with Crippen LogP contribution < -0.4 is 51.4 Å². The molecule has 8 heteroatoms. The monoisotopic (exact) mass is 307 g/mol. The Hall–Kier alpha value is 0.166. The van der Waals surface area contributed by atoms with Gasteiger partial charge in [0, 0.05) is 13.1 Å². The Balaban J connectivity index is 0.00000180. The molecule has 1 fully saturated rings. The van der Waals surface area contributed by atoms with Crippen LogP contribution in [0.5, 0.6) is 0 Å². The third-order valence-corrected chi connectivity index (χ3v) is 3.59. The van der Waals surface area contributed by atoms with Gasteiger partial charge in [-0.25, -0.2) is 8.42 Å². The first kappa shape index (κ1) is 17.2. The van der Waals surface area contributed by atoms with Crippen LogP contribution in [0.4, 0.5) is 5.69 Å². The Labute approximate surface area is 155 Å². The van der Waals surface area contributed by atoms with Crippen molar-refractivity contribution < 1.29 is 64.4 Å². The molecule has 0 spiro atoms. The minimum atomic E-state index is -4.39. The van der Waals surface area contributed by atoms with Crippen LogP contribution in [0.1, 0.15) is 19.3 Å². The summed E-state index contributed by atoms with van der Waals surface area (Å²) in [6, 6.07) is 5.43. The second kappa shape index (κ2) is 7.82. The van der Waals surface area contributed by atoms with Crippen molar-refractivity contribution in [1.29, 1.82) is 0 Å². The third-order valence-electron chi connectivity index (χ3n) is 2.74. The number of rotatable bonds is 3. The molecule has 1 saturated heterocycles. The van der Waals surface area contributed by atoms with Crippen molar-refractivity contribution in [3.05, 3.63) is 24.3 Å². The van der Waals surface area contributed by atoms with Crippen LogP contribution in [-0.2, 0) is 10.1 Å². The topological polar surface area (TPSA) is 85.2 Å². The molecule has 0 aromatic heterocycles. The number of piperidine rings is 1. The summed E-state index contributed by atoms with van der Waals surface area (Å²) in [6.07, 6.45) is 3.46. The summed E-state index contributed by atoms with van der Waals surface area (Å²) in [6.45, 7) is 1.80. The molecule has 0 atom stereocenters. The van der Waals surface area contributed by atoms with Crippen molar-refractivity contribution >= 4 is 15.8 Å². The second-order valence-corrected chi connectivity index (χ2v) is 5.53. The van der Waals surface area contributed by atoms with Crippen LogP contribution in [-0.4, -0.2) is 31.1 Å². The van der Waals surface area contributed by atoms with Crippen molar-refractivity contribution in [2.24, 2.45) is 10.3 Å². The zero-order valence-electron chi connectivity index (χ0n) is 10.8. The first-order valence-electron chi connectivity index (χ1n) is 5.78. The van der Waals surface area contributed by atoms with Gasteiger partial charge in [-0.1, -0.05) is 5.22 Å². The van der Waals surface area contributed by atoms with E-state index in [9.17, 15) is 13.0 Å². The molecule has 0 unspecified atom stereocenters. The van der Waals surface area contributed by atoms with Gasteiger partial charge in [-0.2, -0.15) is 0 Å². The molecular weight excluding hydrogens is 293 g/mol. The molecular formula is C11H14KN3O3S. The summed E-state index contributed by atoms with van der Waals surface area (Å²) in [4.78, 5) is -0.251. The molecule has 0 saturated carbocycles. The molecule has 0 N–H and O–H groups in total. The van der Waals surface area contributed by atoms with Crippen LogP contribution in [0.25, 0.3) is 0 Å². The Kier molecular flexibility index (Phi) is 7.09. The molecule has 1 aliphatic heterocycles. The van der Waals surface area contributed by atoms with Crippen LogP contribution >= 0.6 is 0 Å². The number of hydrogen-bond donors (Lipinski definition) is 0. The molecule has 98 valence electrons. The average molecular weight is 307 g/mol. The van der Waals surface area contributed by atoms with Gasteiger partial charge in [0.1, 0.15) is 10.1 Å². The number of hydrogen-bond acceptors (Lipinski definition) is 5. The van der Waals surface area contributed by atoms with Gasteiger partial charge in [0.05, 0.1) is 10.6 Å². The summed E-state index contributed by atoms with van der Waals surface area (Å²) in [5.74, 6) is 0. The van der Waals surface area contributed by atoms with Crippen LogP contribution in [0, 0.1) is 0 Å². The smallest absolute Gasteiger partial charge is 0.744 e. The molecule has 1 heterocycles. The Morgan fingerprint density at radius 1 is 1.05 bits per heavy atom. The van der Waals surface area contributed by atoms with E-state index < -0.39 is 10.1 Å². The van der Waals surface area contributed by atoms with Gasteiger partial charge < -0.3 is 4.55 Å². The maximum Gasteiger partial charge on any atom is 1.00 e. The molecule has 1 aromatic rings. The Bertz CT molecular complexity index is 525. The molecule has 1 aliphatic rings. The predicted octanol–water partition coefficient (Wildman–Crippen LogP) is -0.921. The van der Waals surface area contributed by atoms with Gasteiger partial charge in [0.2, 0.25) is 0 Å². The number of nitrogens with zero attached hydrogens (tertiary/aromatic N) is 3. The second-order valence-electron chi connectivity index (χ2n) is 4.15. The maximum absolute atomic E-state index is 10.7. The van der Waals surface area contributed by atoms with Crippen molar-refractivity contribution in [3.8, 4) is 0 Å². The van der Waals surface area contributed by atoms with Crippen molar-refractivity contribution in [1.82, 2.24) is 5.01 Å². The Morgan fingerprint density at radius 3 is 2.16 bits per heavy atom. The molecule has 6 nitrogen and oxygen atoms in total. The fraction of sp³-hybridized carbons (Fsp3) is 0.455. The molecule has 0 radical (unpaired) electrons. The van der Waals surface area contributed by atoms with Crippen LogP contribution in [0.2, 0.25) is 0 Å². The maximum atomic E-state index is 10.7. The van der Waals surface area contributed by atoms with Gasteiger partial charge in [0.15, 0.2) is 0 Å². The van der Waals surface area contributed by atoms with E-state index in [4.69, 9.17) is 0 Å². The zero-order valence-corrected chi connectivity index (χ0v) is 14.8. The standard InChI is InChI=1S/C11H15N3O3S.K/c15-18(16,17)11-6-4-10(5-7-11)12-13-14-8-2-1-3-9-14;/h4-7H,1-3,8-9H2,(H,15,16,17);/q;+1/p-1. The molecule has 1 aromatic carbocycles. The predicted molar refractivity (Wildman–Crippen MR) is 64.3 cm³/mol. The number of benzene rings is 1. The van der Waals surface area contributed by atoms with Crippen molar-refractivity contribution in [3.63, 3.8) is 0 Å². The first-order valence-corrected chi connectivity index (χ1v) is 7.19. The van der Waals surface area contributed by atoms with E-state index in [1.165, 1.54) is 30.7 Å². The van der Waals surface area contributed by atoms with E-state index in [1.54, 1.807) is 0 Å². The van der Waals surface area contributed by atoms with Gasteiger partial charge in [0.25, 0.3) is 0 Å². The summed E-state index contributed by atoms with van der Waals surface area (Å²) < 4.78 is 32.2. The summed E-state index contributed by atoms with van der Waals surface area (Å²) in [5.41, 5.74) is 0.535. The Morgan fingerprint density at radius 2 is 1.63 bits per heavy atom. The van der Waals surface area contributed by atoms with Gasteiger partial charge in [-0.3, -0.25) is 5.01 Å². The van der Waals surface area contributed by atoms with E-state index in [-0.39, 0.29) is 56.3 Å². The minimum absolute atomic E-state index is 0. The molecule has 19 heavy (non-hydrogen) atoms. The van der Waals surface area contributed by atoms with Crippen molar-refractivity contribution in [2.75, 3.05) is 13.1 Å². The summed E-state index contributed by atoms with van der Waals surface area (Å²) in [7, 11) is -4.39. The van der Waals surface area contributed by atoms with E-state index in [0.29, 0.717) is 5.69 Å².